The van der Waals surface area contributed by atoms with Crippen LogP contribution >= 0.6 is 34.8 Å². The number of carbonyl (C=O) groups is 1. The Kier molecular flexibility index (Phi) is 5.22. The largest absolute Gasteiger partial charge is 0.369 e. The predicted molar refractivity (Wildman–Crippen MR) is 85.6 cm³/mol. The molecule has 0 fully saturated rings. The maximum Gasteiger partial charge on any atom is 0.275 e. The maximum absolute atomic E-state index is 12.1. The molecule has 0 atom stereocenters. The minimum atomic E-state index is -0.461. The smallest absolute Gasteiger partial charge is 0.275 e. The average Bonchev–Trinajstić information content (AvgIpc) is 2.43. The number of carbonyl (C=O) groups excluding carboxylic acids is 1. The van der Waals surface area contributed by atoms with E-state index in [4.69, 9.17) is 34.8 Å². The van der Waals surface area contributed by atoms with Crippen LogP contribution in [0.2, 0.25) is 15.1 Å². The van der Waals surface area contributed by atoms with E-state index >= 15 is 0 Å². The Labute approximate surface area is 136 Å². The Morgan fingerprint density at radius 2 is 1.81 bits per heavy atom. The Morgan fingerprint density at radius 3 is 2.33 bits per heavy atom. The number of rotatable bonds is 4. The molecule has 1 heterocycles. The van der Waals surface area contributed by atoms with Crippen LogP contribution in [0, 0.1) is 0 Å². The van der Waals surface area contributed by atoms with Gasteiger partial charge in [0.15, 0.2) is 0 Å². The minimum Gasteiger partial charge on any atom is -0.369 e. The summed E-state index contributed by atoms with van der Waals surface area (Å²) in [6.45, 7) is 2.66. The quantitative estimate of drug-likeness (QED) is 0.874. The highest BCUT2D eigenvalue weighted by Crippen LogP contribution is 2.33. The molecule has 2 rings (SSSR count). The van der Waals surface area contributed by atoms with Crippen molar-refractivity contribution in [3.8, 4) is 0 Å². The molecule has 110 valence electrons. The van der Waals surface area contributed by atoms with E-state index in [0.29, 0.717) is 10.8 Å². The van der Waals surface area contributed by atoms with Crippen LogP contribution in [-0.4, -0.2) is 22.4 Å². The van der Waals surface area contributed by atoms with E-state index in [0.717, 1.165) is 6.54 Å². The van der Waals surface area contributed by atoms with Gasteiger partial charge in [-0.15, -0.1) is 0 Å². The van der Waals surface area contributed by atoms with Crippen LogP contribution in [0.4, 0.5) is 11.5 Å². The molecule has 0 aliphatic carbocycles. The van der Waals surface area contributed by atoms with Crippen molar-refractivity contribution in [2.45, 2.75) is 6.92 Å². The van der Waals surface area contributed by atoms with Gasteiger partial charge in [0.2, 0.25) is 0 Å². The van der Waals surface area contributed by atoms with Crippen molar-refractivity contribution < 1.29 is 4.79 Å². The zero-order valence-electron chi connectivity index (χ0n) is 11.0. The summed E-state index contributed by atoms with van der Waals surface area (Å²) < 4.78 is 0. The Balaban J connectivity index is 2.18. The molecule has 5 nitrogen and oxygen atoms in total. The van der Waals surface area contributed by atoms with Crippen molar-refractivity contribution in [2.24, 2.45) is 0 Å². The number of nitrogens with one attached hydrogen (secondary N) is 2. The summed E-state index contributed by atoms with van der Waals surface area (Å²) in [5, 5.41) is 6.46. The number of hydrogen-bond donors (Lipinski definition) is 2. The summed E-state index contributed by atoms with van der Waals surface area (Å²) in [5.74, 6) is 0.133. The Morgan fingerprint density at radius 1 is 1.14 bits per heavy atom. The predicted octanol–water partition coefficient (Wildman–Crippen LogP) is 4.12. The lowest BCUT2D eigenvalue weighted by molar-refractivity contribution is 0.102. The number of aromatic nitrogens is 2. The molecule has 1 aromatic heterocycles. The van der Waals surface area contributed by atoms with Crippen LogP contribution in [0.15, 0.2) is 24.5 Å². The molecular weight excluding hydrogens is 335 g/mol. The van der Waals surface area contributed by atoms with Crippen LogP contribution in [0.3, 0.4) is 0 Å². The third-order valence-electron chi connectivity index (χ3n) is 2.49. The third kappa shape index (κ3) is 3.97. The van der Waals surface area contributed by atoms with E-state index in [1.807, 2.05) is 6.92 Å². The monoisotopic (exact) mass is 344 g/mol. The molecule has 2 N–H and O–H groups in total. The maximum atomic E-state index is 12.1. The van der Waals surface area contributed by atoms with E-state index in [-0.39, 0.29) is 21.4 Å². The first-order valence-electron chi connectivity index (χ1n) is 6.03. The second-order valence-corrected chi connectivity index (χ2v) is 5.27. The molecule has 0 radical (unpaired) electrons. The number of benzene rings is 1. The van der Waals surface area contributed by atoms with Gasteiger partial charge >= 0.3 is 0 Å². The molecule has 8 heteroatoms. The van der Waals surface area contributed by atoms with Crippen LogP contribution < -0.4 is 10.6 Å². The van der Waals surface area contributed by atoms with E-state index in [1.165, 1.54) is 24.5 Å². The fourth-order valence-electron chi connectivity index (χ4n) is 1.56. The summed E-state index contributed by atoms with van der Waals surface area (Å²) in [6.07, 6.45) is 2.84. The Bertz CT molecular complexity index is 638. The van der Waals surface area contributed by atoms with Crippen LogP contribution in [0.25, 0.3) is 0 Å². The van der Waals surface area contributed by atoms with E-state index in [1.54, 1.807) is 0 Å². The van der Waals surface area contributed by atoms with Crippen LogP contribution in [0.1, 0.15) is 17.4 Å². The normalized spacial score (nSPS) is 10.3. The van der Waals surface area contributed by atoms with Crippen molar-refractivity contribution in [3.05, 3.63) is 45.3 Å². The van der Waals surface area contributed by atoms with Gasteiger partial charge in [0.25, 0.3) is 5.91 Å². The van der Waals surface area contributed by atoms with Crippen molar-refractivity contribution >= 4 is 52.2 Å². The van der Waals surface area contributed by atoms with Gasteiger partial charge in [-0.3, -0.25) is 4.79 Å². The summed E-state index contributed by atoms with van der Waals surface area (Å²) >= 11 is 17.8. The molecule has 0 saturated carbocycles. The van der Waals surface area contributed by atoms with Gasteiger partial charge in [-0.25, -0.2) is 9.97 Å². The topological polar surface area (TPSA) is 66.9 Å². The summed E-state index contributed by atoms with van der Waals surface area (Å²) in [4.78, 5) is 20.2. The van der Waals surface area contributed by atoms with Crippen LogP contribution in [-0.2, 0) is 0 Å². The molecule has 0 unspecified atom stereocenters. The van der Waals surface area contributed by atoms with E-state index < -0.39 is 5.91 Å². The first-order valence-corrected chi connectivity index (χ1v) is 7.16. The second kappa shape index (κ2) is 6.93. The molecule has 0 aliphatic rings. The van der Waals surface area contributed by atoms with Gasteiger partial charge in [-0.1, -0.05) is 34.8 Å². The fraction of sp³-hybridized carbons (Fsp3) is 0.154. The first kappa shape index (κ1) is 15.8. The van der Waals surface area contributed by atoms with Crippen molar-refractivity contribution in [1.82, 2.24) is 9.97 Å². The van der Waals surface area contributed by atoms with Gasteiger partial charge in [0.1, 0.15) is 11.5 Å². The highest BCUT2D eigenvalue weighted by molar-refractivity contribution is 6.42. The zero-order chi connectivity index (χ0) is 15.4. The van der Waals surface area contributed by atoms with E-state index in [9.17, 15) is 4.79 Å². The zero-order valence-corrected chi connectivity index (χ0v) is 13.2. The second-order valence-electron chi connectivity index (χ2n) is 4.02. The van der Waals surface area contributed by atoms with E-state index in [2.05, 4.69) is 20.6 Å². The van der Waals surface area contributed by atoms with Crippen LogP contribution in [0.5, 0.6) is 0 Å². The highest BCUT2D eigenvalue weighted by Gasteiger charge is 2.14. The summed E-state index contributed by atoms with van der Waals surface area (Å²) in [6, 6.07) is 2.98. The van der Waals surface area contributed by atoms with Gasteiger partial charge in [0, 0.05) is 11.6 Å². The van der Waals surface area contributed by atoms with Gasteiger partial charge in [-0.05, 0) is 19.1 Å². The molecular formula is C13H11Cl3N4O. The van der Waals surface area contributed by atoms with Crippen molar-refractivity contribution in [2.75, 3.05) is 17.2 Å². The lowest BCUT2D eigenvalue weighted by Crippen LogP contribution is -2.15. The number of hydrogen-bond acceptors (Lipinski definition) is 4. The Hall–Kier alpha value is -1.56. The molecule has 0 saturated heterocycles. The highest BCUT2D eigenvalue weighted by atomic mass is 35.5. The molecule has 1 aromatic carbocycles. The molecule has 0 aliphatic heterocycles. The molecule has 2 aromatic rings. The number of amides is 1. The number of anilines is 2. The lowest BCUT2D eigenvalue weighted by Gasteiger charge is -2.09. The summed E-state index contributed by atoms with van der Waals surface area (Å²) in [7, 11) is 0. The van der Waals surface area contributed by atoms with Gasteiger partial charge in [-0.2, -0.15) is 0 Å². The van der Waals surface area contributed by atoms with Crippen molar-refractivity contribution in [1.29, 1.82) is 0 Å². The number of nitrogens with zero attached hydrogens (tertiary/aromatic N) is 2. The van der Waals surface area contributed by atoms with Gasteiger partial charge in [0.05, 0.1) is 28.1 Å². The lowest BCUT2D eigenvalue weighted by atomic mass is 10.3. The van der Waals surface area contributed by atoms with Gasteiger partial charge < -0.3 is 10.6 Å². The standard InChI is InChI=1S/C13H11Cl3N4O/c1-2-17-11-6-18-10(5-19-11)13(21)20-12-8(15)3-7(14)4-9(12)16/h3-6H,2H2,1H3,(H,17,19)(H,20,21). The SMILES string of the molecule is CCNc1cnc(C(=O)Nc2c(Cl)cc(Cl)cc2Cl)cn1. The first-order chi connectivity index (χ1) is 10.0. The summed E-state index contributed by atoms with van der Waals surface area (Å²) in [5.41, 5.74) is 0.434. The molecule has 1 amide bonds. The molecule has 21 heavy (non-hydrogen) atoms. The third-order valence-corrected chi connectivity index (χ3v) is 3.30. The van der Waals surface area contributed by atoms with Crippen molar-refractivity contribution in [3.63, 3.8) is 0 Å². The number of halogens is 3. The average molecular weight is 346 g/mol. The molecule has 0 spiro atoms. The molecule has 0 bridgehead atoms. The fourth-order valence-corrected chi connectivity index (χ4v) is 2.47. The minimum absolute atomic E-state index is 0.152.